The van der Waals surface area contributed by atoms with Gasteiger partial charge >= 0.3 is 5.97 Å². The number of carboxylic acids is 1. The van der Waals surface area contributed by atoms with Crippen LogP contribution in [0.2, 0.25) is 0 Å². The number of aromatic nitrogens is 2. The third-order valence-electron chi connectivity index (χ3n) is 7.15. The molecule has 12 heteroatoms. The minimum absolute atomic E-state index is 0.0298. The Morgan fingerprint density at radius 3 is 2.36 bits per heavy atom. The number of benzene rings is 2. The molecule has 0 bridgehead atoms. The Morgan fingerprint density at radius 2 is 1.64 bits per heavy atom. The molecule has 1 aromatic heterocycles. The highest BCUT2D eigenvalue weighted by molar-refractivity contribution is 5.97. The van der Waals surface area contributed by atoms with Crippen molar-refractivity contribution in [2.24, 2.45) is 0 Å². The quantitative estimate of drug-likeness (QED) is 0.207. The molecule has 1 aliphatic rings. The molecule has 0 radical (unpaired) electrons. The molecule has 0 saturated heterocycles. The van der Waals surface area contributed by atoms with Crippen LogP contribution >= 0.6 is 0 Å². The van der Waals surface area contributed by atoms with Gasteiger partial charge in [-0.15, -0.1) is 0 Å². The zero-order chi connectivity index (χ0) is 30.0. The van der Waals surface area contributed by atoms with E-state index in [2.05, 4.69) is 25.9 Å². The van der Waals surface area contributed by atoms with Gasteiger partial charge in [0.2, 0.25) is 0 Å². The van der Waals surface area contributed by atoms with E-state index in [1.807, 2.05) is 24.3 Å². The Balaban J connectivity index is 1.18. The predicted molar refractivity (Wildman–Crippen MR) is 155 cm³/mol. The molecule has 3 aromatic carbocycles. The number of anilines is 2. The van der Waals surface area contributed by atoms with E-state index in [-0.39, 0.29) is 35.2 Å². The number of nitrogens with zero attached hydrogens (tertiary/aromatic N) is 3. The summed E-state index contributed by atoms with van der Waals surface area (Å²) in [5.41, 5.74) is 3.26. The second kappa shape index (κ2) is 11.6. The fourth-order valence-corrected chi connectivity index (χ4v) is 5.02. The molecule has 2 amide bonds. The molecule has 42 heavy (non-hydrogen) atoms. The van der Waals surface area contributed by atoms with Gasteiger partial charge in [0, 0.05) is 33.3 Å². The number of rotatable bonds is 10. The SMILES string of the molecule is CN(C)c1c(NCc2cccc(CNC(=O)c3cc(C(=O)N[C@H]4CCc5cc(C(=O)O)ccc54)ncn3)c2)c(=O)c1=O. The number of carboxylic acid groups (broad SMARTS) is 1. The zero-order valence-corrected chi connectivity index (χ0v) is 22.9. The normalized spacial score (nSPS) is 13.8. The highest BCUT2D eigenvalue weighted by Crippen LogP contribution is 2.32. The monoisotopic (exact) mass is 568 g/mol. The van der Waals surface area contributed by atoms with Crippen molar-refractivity contribution in [2.75, 3.05) is 24.3 Å². The number of carbonyl (C=O) groups excluding carboxylic acids is 2. The second-order valence-corrected chi connectivity index (χ2v) is 10.2. The molecular weight excluding hydrogens is 540 g/mol. The maximum Gasteiger partial charge on any atom is 0.335 e. The molecule has 12 nitrogen and oxygen atoms in total. The second-order valence-electron chi connectivity index (χ2n) is 10.2. The highest BCUT2D eigenvalue weighted by atomic mass is 16.4. The van der Waals surface area contributed by atoms with Crippen LogP contribution in [0.15, 0.2) is 64.4 Å². The van der Waals surface area contributed by atoms with E-state index in [1.165, 1.54) is 12.1 Å². The Morgan fingerprint density at radius 1 is 0.929 bits per heavy atom. The van der Waals surface area contributed by atoms with Crippen molar-refractivity contribution in [3.05, 3.63) is 115 Å². The number of aryl methyl sites for hydroxylation is 1. The van der Waals surface area contributed by atoms with Crippen LogP contribution in [0.4, 0.5) is 11.4 Å². The third kappa shape index (κ3) is 5.73. The molecule has 4 N–H and O–H groups in total. The van der Waals surface area contributed by atoms with Crippen LogP contribution in [0.1, 0.15) is 66.1 Å². The topological polar surface area (TPSA) is 171 Å². The van der Waals surface area contributed by atoms with Crippen LogP contribution < -0.4 is 31.7 Å². The van der Waals surface area contributed by atoms with E-state index in [9.17, 15) is 29.1 Å². The van der Waals surface area contributed by atoms with E-state index in [0.29, 0.717) is 25.1 Å². The molecule has 5 rings (SSSR count). The van der Waals surface area contributed by atoms with Gasteiger partial charge in [0.15, 0.2) is 0 Å². The minimum atomic E-state index is -1.00. The summed E-state index contributed by atoms with van der Waals surface area (Å²) >= 11 is 0. The standard InChI is InChI=1S/C30H28N6O6/c1-36(2)25-24(26(37)27(25)38)31-13-16-4-3-5-17(10-16)14-32-28(39)22-12-23(34-15-33-22)29(40)35-21-9-7-18-11-19(30(41)42)6-8-20(18)21/h3-6,8,10-12,15,21,31H,7,9,13-14H2,1-2H3,(H,32,39)(H,35,40)(H,41,42)/t21-/m0/s1. The van der Waals surface area contributed by atoms with E-state index in [4.69, 9.17) is 0 Å². The van der Waals surface area contributed by atoms with Crippen LogP contribution in [0.3, 0.4) is 0 Å². The summed E-state index contributed by atoms with van der Waals surface area (Å²) in [4.78, 5) is 70.3. The average Bonchev–Trinajstić information content (AvgIpc) is 3.39. The van der Waals surface area contributed by atoms with Crippen molar-refractivity contribution >= 4 is 29.2 Å². The average molecular weight is 569 g/mol. The maximum absolute atomic E-state index is 12.9. The van der Waals surface area contributed by atoms with Gasteiger partial charge in [0.1, 0.15) is 29.1 Å². The number of fused-ring (bicyclic) bond motifs is 1. The molecule has 4 aromatic rings. The van der Waals surface area contributed by atoms with Gasteiger partial charge in [0.05, 0.1) is 11.6 Å². The largest absolute Gasteiger partial charge is 0.478 e. The highest BCUT2D eigenvalue weighted by Gasteiger charge is 2.26. The maximum atomic E-state index is 12.9. The van der Waals surface area contributed by atoms with Crippen LogP contribution in [0.25, 0.3) is 0 Å². The van der Waals surface area contributed by atoms with Crippen molar-refractivity contribution in [1.82, 2.24) is 20.6 Å². The fourth-order valence-electron chi connectivity index (χ4n) is 5.02. The molecule has 1 atom stereocenters. The lowest BCUT2D eigenvalue weighted by molar-refractivity contribution is 0.0696. The summed E-state index contributed by atoms with van der Waals surface area (Å²) < 4.78 is 0. The lowest BCUT2D eigenvalue weighted by Gasteiger charge is -2.19. The summed E-state index contributed by atoms with van der Waals surface area (Å²) in [6.45, 7) is 0.516. The van der Waals surface area contributed by atoms with Crippen molar-refractivity contribution in [3.63, 3.8) is 0 Å². The van der Waals surface area contributed by atoms with Gasteiger partial charge in [-0.2, -0.15) is 0 Å². The van der Waals surface area contributed by atoms with Crippen LogP contribution in [0, 0.1) is 0 Å². The molecular formula is C30H28N6O6. The Hall–Kier alpha value is -5.39. The fraction of sp³-hybridized carbons (Fsp3) is 0.233. The van der Waals surface area contributed by atoms with Gasteiger partial charge in [0.25, 0.3) is 22.7 Å². The van der Waals surface area contributed by atoms with Crippen LogP contribution in [-0.4, -0.2) is 47.0 Å². The number of amides is 2. The Kier molecular flexibility index (Phi) is 7.78. The summed E-state index contributed by atoms with van der Waals surface area (Å²) in [5.74, 6) is -1.95. The van der Waals surface area contributed by atoms with Gasteiger partial charge in [-0.3, -0.25) is 19.2 Å². The summed E-state index contributed by atoms with van der Waals surface area (Å²) in [6, 6.07) is 13.3. The van der Waals surface area contributed by atoms with E-state index in [1.54, 1.807) is 31.1 Å². The van der Waals surface area contributed by atoms with Crippen molar-refractivity contribution in [2.45, 2.75) is 32.0 Å². The van der Waals surface area contributed by atoms with Gasteiger partial charge in [-0.1, -0.05) is 30.3 Å². The Labute approximate surface area is 240 Å². The predicted octanol–water partition coefficient (Wildman–Crippen LogP) is 1.80. The number of hydrogen-bond donors (Lipinski definition) is 4. The van der Waals surface area contributed by atoms with Crippen molar-refractivity contribution in [1.29, 1.82) is 0 Å². The van der Waals surface area contributed by atoms with E-state index in [0.717, 1.165) is 28.6 Å². The molecule has 0 unspecified atom stereocenters. The molecule has 1 heterocycles. The first-order chi connectivity index (χ1) is 20.1. The number of aromatic carboxylic acids is 1. The summed E-state index contributed by atoms with van der Waals surface area (Å²) in [5, 5.41) is 17.9. The first kappa shape index (κ1) is 28.1. The minimum Gasteiger partial charge on any atom is -0.478 e. The first-order valence-corrected chi connectivity index (χ1v) is 13.2. The van der Waals surface area contributed by atoms with Crippen molar-refractivity contribution in [3.8, 4) is 0 Å². The lowest BCUT2D eigenvalue weighted by Crippen LogP contribution is -2.39. The molecule has 0 saturated carbocycles. The molecule has 1 aliphatic carbocycles. The zero-order valence-electron chi connectivity index (χ0n) is 22.9. The number of hydrogen-bond acceptors (Lipinski definition) is 9. The lowest BCUT2D eigenvalue weighted by atomic mass is 10.0. The van der Waals surface area contributed by atoms with Gasteiger partial charge in [-0.05, 0) is 47.2 Å². The number of carbonyl (C=O) groups is 3. The smallest absolute Gasteiger partial charge is 0.335 e. The summed E-state index contributed by atoms with van der Waals surface area (Å²) in [7, 11) is 3.40. The number of nitrogens with one attached hydrogen (secondary N) is 3. The molecule has 0 fully saturated rings. The van der Waals surface area contributed by atoms with E-state index >= 15 is 0 Å². The van der Waals surface area contributed by atoms with Crippen LogP contribution in [0.5, 0.6) is 0 Å². The molecule has 214 valence electrons. The Bertz CT molecular complexity index is 1770. The first-order valence-electron chi connectivity index (χ1n) is 13.2. The summed E-state index contributed by atoms with van der Waals surface area (Å²) in [6.07, 6.45) is 2.42. The van der Waals surface area contributed by atoms with Crippen LogP contribution in [-0.2, 0) is 19.5 Å². The molecule has 0 aliphatic heterocycles. The van der Waals surface area contributed by atoms with Crippen molar-refractivity contribution < 1.29 is 19.5 Å². The third-order valence-corrected chi connectivity index (χ3v) is 7.15. The van der Waals surface area contributed by atoms with Gasteiger partial charge in [-0.25, -0.2) is 14.8 Å². The van der Waals surface area contributed by atoms with Gasteiger partial charge < -0.3 is 26.0 Å². The van der Waals surface area contributed by atoms with E-state index < -0.39 is 28.6 Å². The molecule has 0 spiro atoms.